The van der Waals surface area contributed by atoms with E-state index in [1.165, 1.54) is 0 Å². The fourth-order valence-electron chi connectivity index (χ4n) is 3.87. The monoisotopic (exact) mass is 505 g/mol. The summed E-state index contributed by atoms with van der Waals surface area (Å²) in [5.74, 6) is -0.536. The average Bonchev–Trinajstić information content (AvgIpc) is 2.77. The summed E-state index contributed by atoms with van der Waals surface area (Å²) < 4.78 is 11.0. The molecule has 1 heterocycles. The van der Waals surface area contributed by atoms with Crippen molar-refractivity contribution in [1.29, 1.82) is 0 Å². The molecule has 0 radical (unpaired) electrons. The summed E-state index contributed by atoms with van der Waals surface area (Å²) in [7, 11) is 0. The molecule has 2 unspecified atom stereocenters. The lowest BCUT2D eigenvalue weighted by Gasteiger charge is -2.30. The van der Waals surface area contributed by atoms with Gasteiger partial charge >= 0.3 is 6.09 Å². The minimum Gasteiger partial charge on any atom is -0.444 e. The molecule has 3 N–H and O–H groups in total. The molecule has 2 rings (SSSR count). The number of ketones is 1. The van der Waals surface area contributed by atoms with Crippen LogP contribution in [0.4, 0.5) is 4.79 Å². The lowest BCUT2D eigenvalue weighted by atomic mass is 9.87. The van der Waals surface area contributed by atoms with Crippen LogP contribution in [0, 0.1) is 11.3 Å². The topological polar surface area (TPSA) is 115 Å². The number of carbonyl (C=O) groups excluding carboxylic acids is 3. The first-order chi connectivity index (χ1) is 16.8. The lowest BCUT2D eigenvalue weighted by Crippen LogP contribution is -2.54. The van der Waals surface area contributed by atoms with Gasteiger partial charge in [0.2, 0.25) is 5.91 Å². The zero-order valence-corrected chi connectivity index (χ0v) is 22.5. The first-order valence-corrected chi connectivity index (χ1v) is 12.6. The molecule has 0 spiro atoms. The number of benzene rings is 1. The Morgan fingerprint density at radius 3 is 2.33 bits per heavy atom. The number of carbonyl (C=O) groups is 3. The van der Waals surface area contributed by atoms with E-state index in [0.717, 1.165) is 12.0 Å². The van der Waals surface area contributed by atoms with Crippen LogP contribution in [-0.2, 0) is 30.5 Å². The number of hydrogen-bond donors (Lipinski definition) is 3. The van der Waals surface area contributed by atoms with E-state index < -0.39 is 29.7 Å². The molecule has 0 aromatic heterocycles. The Morgan fingerprint density at radius 1 is 1.06 bits per heavy atom. The van der Waals surface area contributed by atoms with Crippen LogP contribution in [0.1, 0.15) is 66.4 Å². The van der Waals surface area contributed by atoms with E-state index in [9.17, 15) is 14.4 Å². The highest BCUT2D eigenvalue weighted by molar-refractivity contribution is 5.92. The van der Waals surface area contributed by atoms with Crippen molar-refractivity contribution in [3.05, 3.63) is 35.9 Å². The second kappa shape index (κ2) is 13.7. The van der Waals surface area contributed by atoms with E-state index in [-0.39, 0.29) is 23.7 Å². The van der Waals surface area contributed by atoms with Crippen LogP contribution in [0.25, 0.3) is 0 Å². The molecular formula is C27H43N3O6. The van der Waals surface area contributed by atoms with Gasteiger partial charge in [-0.2, -0.15) is 0 Å². The van der Waals surface area contributed by atoms with Gasteiger partial charge in [0.05, 0.1) is 19.3 Å². The molecule has 0 saturated carbocycles. The predicted octanol–water partition coefficient (Wildman–Crippen LogP) is 3.52. The van der Waals surface area contributed by atoms with Crippen LogP contribution < -0.4 is 16.1 Å². The van der Waals surface area contributed by atoms with Crippen LogP contribution in [0.3, 0.4) is 0 Å². The Balaban J connectivity index is 2.09. The van der Waals surface area contributed by atoms with Gasteiger partial charge in [-0.25, -0.2) is 10.3 Å². The lowest BCUT2D eigenvalue weighted by molar-refractivity contribution is -0.132. The Labute approximate surface area is 215 Å². The zero-order chi connectivity index (χ0) is 26.8. The summed E-state index contributed by atoms with van der Waals surface area (Å²) in [5, 5.41) is 5.58. The molecule has 1 aromatic rings. The van der Waals surface area contributed by atoms with Gasteiger partial charge < -0.3 is 24.9 Å². The van der Waals surface area contributed by atoms with Gasteiger partial charge in [-0.1, -0.05) is 51.1 Å². The smallest absolute Gasteiger partial charge is 0.408 e. The maximum atomic E-state index is 13.4. The van der Waals surface area contributed by atoms with Gasteiger partial charge in [-0.3, -0.25) is 9.59 Å². The number of nitrogens with one attached hydrogen (secondary N) is 3. The summed E-state index contributed by atoms with van der Waals surface area (Å²) >= 11 is 0. The molecule has 0 aliphatic carbocycles. The van der Waals surface area contributed by atoms with Crippen molar-refractivity contribution in [2.45, 2.75) is 85.1 Å². The first-order valence-electron chi connectivity index (χ1n) is 12.6. The molecule has 1 aliphatic rings. The quantitative estimate of drug-likeness (QED) is 0.421. The Morgan fingerprint density at radius 2 is 1.75 bits per heavy atom. The second-order valence-electron chi connectivity index (χ2n) is 11.6. The third kappa shape index (κ3) is 12.0. The number of ether oxygens (including phenoxy) is 2. The van der Waals surface area contributed by atoms with Gasteiger partial charge in [-0.15, -0.1) is 0 Å². The molecule has 1 fully saturated rings. The standard InChI is InChI=1S/C27H43N3O6/c1-26(2,3)15-22(30-25(33)36-27(4,5)6)24(32)29-21(14-20-12-13-28-35-17-20)23(31)18-34-16-19-10-8-7-9-11-19/h7-11,20-22,28H,12-18H2,1-6H3,(H,29,32)(H,30,33)/t20?,21?,22-/m0/s1. The number of hydrogen-bond acceptors (Lipinski definition) is 7. The van der Waals surface area contributed by atoms with Gasteiger partial charge in [-0.05, 0) is 56.9 Å². The molecule has 36 heavy (non-hydrogen) atoms. The van der Waals surface area contributed by atoms with E-state index in [2.05, 4.69) is 16.1 Å². The summed E-state index contributed by atoms with van der Waals surface area (Å²) in [6, 6.07) is 7.97. The molecule has 1 aliphatic heterocycles. The Hall–Kier alpha value is -2.49. The normalized spacial score (nSPS) is 18.1. The molecule has 3 atom stereocenters. The largest absolute Gasteiger partial charge is 0.444 e. The molecule has 0 bridgehead atoms. The van der Waals surface area contributed by atoms with E-state index in [1.54, 1.807) is 20.8 Å². The predicted molar refractivity (Wildman–Crippen MR) is 137 cm³/mol. The van der Waals surface area contributed by atoms with Crippen LogP contribution >= 0.6 is 0 Å². The highest BCUT2D eigenvalue weighted by atomic mass is 16.6. The first kappa shape index (κ1) is 29.7. The minimum absolute atomic E-state index is 0.106. The zero-order valence-electron chi connectivity index (χ0n) is 22.5. The highest BCUT2D eigenvalue weighted by Gasteiger charge is 2.32. The van der Waals surface area contributed by atoms with Crippen molar-refractivity contribution in [3.8, 4) is 0 Å². The van der Waals surface area contributed by atoms with Crippen molar-refractivity contribution >= 4 is 17.8 Å². The number of amides is 2. The maximum absolute atomic E-state index is 13.4. The fraction of sp³-hybridized carbons (Fsp3) is 0.667. The van der Waals surface area contributed by atoms with Crippen molar-refractivity contribution < 1.29 is 28.7 Å². The van der Waals surface area contributed by atoms with Gasteiger partial charge in [0.15, 0.2) is 5.78 Å². The molecule has 2 amide bonds. The average molecular weight is 506 g/mol. The summed E-state index contributed by atoms with van der Waals surface area (Å²) in [6.07, 6.45) is 0.953. The van der Waals surface area contributed by atoms with Gasteiger partial charge in [0.25, 0.3) is 0 Å². The summed E-state index contributed by atoms with van der Waals surface area (Å²) in [6.45, 7) is 12.5. The summed E-state index contributed by atoms with van der Waals surface area (Å²) in [4.78, 5) is 44.3. The van der Waals surface area contributed by atoms with Crippen molar-refractivity contribution in [2.75, 3.05) is 19.8 Å². The van der Waals surface area contributed by atoms with E-state index in [4.69, 9.17) is 14.3 Å². The Kier molecular flexibility index (Phi) is 11.3. The van der Waals surface area contributed by atoms with Crippen LogP contribution in [0.2, 0.25) is 0 Å². The van der Waals surface area contributed by atoms with E-state index in [0.29, 0.717) is 32.6 Å². The number of rotatable bonds is 11. The van der Waals surface area contributed by atoms with Crippen molar-refractivity contribution in [1.82, 2.24) is 16.1 Å². The van der Waals surface area contributed by atoms with Crippen molar-refractivity contribution in [3.63, 3.8) is 0 Å². The SMILES string of the molecule is CC(C)(C)C[C@H](NC(=O)OC(C)(C)C)C(=O)NC(CC1CCNOC1)C(=O)COCc1ccccc1. The van der Waals surface area contributed by atoms with Gasteiger partial charge in [0.1, 0.15) is 18.2 Å². The summed E-state index contributed by atoms with van der Waals surface area (Å²) in [5.41, 5.74) is 2.85. The van der Waals surface area contributed by atoms with Crippen LogP contribution in [0.15, 0.2) is 30.3 Å². The molecule has 202 valence electrons. The van der Waals surface area contributed by atoms with Crippen LogP contribution in [0.5, 0.6) is 0 Å². The van der Waals surface area contributed by atoms with E-state index >= 15 is 0 Å². The third-order valence-electron chi connectivity index (χ3n) is 5.53. The third-order valence-corrected chi connectivity index (χ3v) is 5.53. The minimum atomic E-state index is -0.857. The second-order valence-corrected chi connectivity index (χ2v) is 11.6. The highest BCUT2D eigenvalue weighted by Crippen LogP contribution is 2.22. The van der Waals surface area contributed by atoms with Gasteiger partial charge in [0, 0.05) is 6.54 Å². The van der Waals surface area contributed by atoms with Crippen LogP contribution in [-0.4, -0.2) is 55.2 Å². The molecule has 9 nitrogen and oxygen atoms in total. The number of hydroxylamine groups is 1. The van der Waals surface area contributed by atoms with Crippen molar-refractivity contribution in [2.24, 2.45) is 11.3 Å². The molecule has 1 aromatic carbocycles. The number of Topliss-reactive ketones (excluding diaryl/α,β-unsaturated/α-hetero) is 1. The molecular weight excluding hydrogens is 462 g/mol. The van der Waals surface area contributed by atoms with E-state index in [1.807, 2.05) is 51.1 Å². The number of alkyl carbamates (subject to hydrolysis) is 1. The molecule has 1 saturated heterocycles. The Bertz CT molecular complexity index is 841. The maximum Gasteiger partial charge on any atom is 0.408 e. The fourth-order valence-corrected chi connectivity index (χ4v) is 3.87. The molecule has 9 heteroatoms.